The molecule has 0 spiro atoms. The molecule has 9 atom stereocenters. The summed E-state index contributed by atoms with van der Waals surface area (Å²) in [5.74, 6) is -13.0. The van der Waals surface area contributed by atoms with Crippen LogP contribution in [-0.2, 0) is 75.2 Å². The number of hydrogen-bond acceptors (Lipinski definition) is 19. The molecule has 500 valence electrons. The average molecular weight is 1580 g/mol. The van der Waals surface area contributed by atoms with Gasteiger partial charge in [0.05, 0.1) is 37.4 Å². The van der Waals surface area contributed by atoms with Crippen LogP contribution in [0.25, 0.3) is 0 Å². The van der Waals surface area contributed by atoms with Gasteiger partial charge in [-0.3, -0.25) is 57.6 Å². The van der Waals surface area contributed by atoms with Gasteiger partial charge in [-0.2, -0.15) is 0 Å². The van der Waals surface area contributed by atoms with Crippen LogP contribution >= 0.6 is 21.6 Å². The molecule has 2 aliphatic rings. The van der Waals surface area contributed by atoms with E-state index < -0.39 is 144 Å². The zero-order chi connectivity index (χ0) is 65.2. The zero-order valence-corrected chi connectivity index (χ0v) is 56.1. The molecule has 1 unspecified atom stereocenters. The maximum absolute atomic E-state index is 14.6. The molecule has 15 N–H and O–H groups in total. The Morgan fingerprint density at radius 2 is 1.22 bits per heavy atom. The number of hydrogen-bond donors (Lipinski definition) is 15. The van der Waals surface area contributed by atoms with E-state index in [1.165, 1.54) is 67.4 Å². The summed E-state index contributed by atoms with van der Waals surface area (Å²) in [6.07, 6.45) is -2.82. The van der Waals surface area contributed by atoms with Crippen LogP contribution in [0.1, 0.15) is 57.6 Å². The SMILES string of the molecule is [CH2-]C(=O)NCCN(CCNC([CH2-])=O)CC(=O)N[C@@H](CC(C)C)C(=O)N1CCC[C@H]1C(=O)N[C@H]1CSSC[C@@H](C(=O)NC)NC(=O)[C@H](C(C)O)NC(=O)CNC(=O)[C@H](Cc2ccc(O)cc2)NC(=O)[C@H](Cc2ccc(O)cc2)NC(=O)[C@H](CC(=O)O)NC1=O.[Gd].[Gd]. The maximum Gasteiger partial charge on any atom is 0.305 e. The average Bonchev–Trinajstić information content (AvgIpc) is 2.16. The minimum atomic E-state index is -1.98. The number of nitrogens with zero attached hydrogens (tertiary/aromatic N) is 2. The Hall–Kier alpha value is -5.84. The largest absolute Gasteiger partial charge is 0.508 e. The van der Waals surface area contributed by atoms with Crippen molar-refractivity contribution in [3.8, 4) is 11.5 Å². The van der Waals surface area contributed by atoms with Crippen molar-refractivity contribution in [2.45, 2.75) is 114 Å². The van der Waals surface area contributed by atoms with Gasteiger partial charge in [0.1, 0.15) is 59.8 Å². The number of carboxylic acids is 1. The van der Waals surface area contributed by atoms with E-state index in [-0.39, 0.29) is 174 Å². The first-order valence-corrected chi connectivity index (χ1v) is 30.7. The van der Waals surface area contributed by atoms with Gasteiger partial charge < -0.3 is 107 Å². The molecule has 2 saturated heterocycles. The van der Waals surface area contributed by atoms with Crippen LogP contribution in [0.5, 0.6) is 11.5 Å². The van der Waals surface area contributed by atoms with Crippen molar-refractivity contribution >= 4 is 98.4 Å². The Morgan fingerprint density at radius 3 is 1.73 bits per heavy atom. The van der Waals surface area contributed by atoms with Crippen LogP contribution in [0.2, 0.25) is 0 Å². The first-order chi connectivity index (χ1) is 41.6. The Bertz CT molecular complexity index is 2790. The molecular weight excluding hydrogens is 1510 g/mol. The number of carbonyl (C=O) groups excluding carboxylic acids is 12. The van der Waals surface area contributed by atoms with Crippen LogP contribution < -0.4 is 58.5 Å². The van der Waals surface area contributed by atoms with Gasteiger partial charge in [0.2, 0.25) is 59.1 Å². The number of aliphatic carboxylic acids is 1. The molecule has 34 heteroatoms. The van der Waals surface area contributed by atoms with E-state index in [2.05, 4.69) is 72.3 Å². The summed E-state index contributed by atoms with van der Waals surface area (Å²) in [6.45, 7) is 10.8. The fourth-order valence-corrected chi connectivity index (χ4v) is 11.5. The first kappa shape index (κ1) is 80.3. The molecule has 90 heavy (non-hydrogen) atoms. The summed E-state index contributed by atoms with van der Waals surface area (Å²) in [7, 11) is 3.06. The number of aromatic hydroxyl groups is 2. The normalized spacial score (nSPS) is 21.3. The van der Waals surface area contributed by atoms with Crippen LogP contribution in [0.3, 0.4) is 0 Å². The van der Waals surface area contributed by atoms with Gasteiger partial charge in [0, 0.05) is 144 Å². The van der Waals surface area contributed by atoms with Crippen molar-refractivity contribution in [1.29, 1.82) is 0 Å². The molecule has 0 saturated carbocycles. The van der Waals surface area contributed by atoms with Gasteiger partial charge in [-0.25, -0.2) is 0 Å². The standard InChI is InChI=1S/C56H79N13O17S2.2Gd/c1-30(2)22-41(61-46(76)27-68(20-17-58-32(4)71)21-18-59-33(5)72)56(86)69-19-7-8-44(69)54(84)65-43-29-88-87-28-42(49(79)57-6)66-55(85)48(31(3)70)67-45(75)26-60-50(80)38(23-34-9-13-36(73)14-10-34)62-51(81)39(24-35-11-15-37(74)16-12-35)63-52(82)40(25-47(77)78)64-53(43)83;;/h9-16,30-31,38-44,48,70,73-74H,4-5,7-8,17-29H2,1-3,6H3,(H,57,79)(H,58,71)(H,59,72)(H,60,80)(H,61,76)(H,62,81)(H,63,82)(H,64,83)(H,65,84)(H,66,85)(H,67,75)(H,77,78);;/q-2;;/t31?,38-,39-,40-,41-,42-,43-,44-,48-;;/m0../s1. The van der Waals surface area contributed by atoms with Gasteiger partial charge in [-0.05, 0) is 67.5 Å². The van der Waals surface area contributed by atoms with Crippen LogP contribution in [0, 0.1) is 99.6 Å². The third kappa shape index (κ3) is 28.4. The van der Waals surface area contributed by atoms with Crippen LogP contribution in [0.4, 0.5) is 0 Å². The van der Waals surface area contributed by atoms with Gasteiger partial charge in [-0.15, -0.1) is 0 Å². The molecule has 2 fully saturated rings. The fourth-order valence-electron chi connectivity index (χ4n) is 9.19. The Balaban J connectivity index is 0.0000138. The van der Waals surface area contributed by atoms with E-state index in [1.807, 2.05) is 13.8 Å². The fraction of sp³-hybridized carbons (Fsp3) is 0.518. The van der Waals surface area contributed by atoms with E-state index >= 15 is 0 Å². The van der Waals surface area contributed by atoms with Crippen LogP contribution in [-0.4, -0.2) is 226 Å². The van der Waals surface area contributed by atoms with Crippen molar-refractivity contribution in [3.63, 3.8) is 0 Å². The van der Waals surface area contributed by atoms with Gasteiger partial charge in [0.15, 0.2) is 0 Å². The van der Waals surface area contributed by atoms with E-state index in [0.717, 1.165) is 21.6 Å². The predicted molar refractivity (Wildman–Crippen MR) is 320 cm³/mol. The van der Waals surface area contributed by atoms with Crippen molar-refractivity contribution in [1.82, 2.24) is 68.3 Å². The summed E-state index contributed by atoms with van der Waals surface area (Å²) in [4.78, 5) is 179. The Labute approximate surface area is 592 Å². The van der Waals surface area contributed by atoms with E-state index in [4.69, 9.17) is 0 Å². The number of aliphatic hydroxyl groups is 1. The second kappa shape index (κ2) is 40.9. The maximum atomic E-state index is 14.6. The summed E-state index contributed by atoms with van der Waals surface area (Å²) < 4.78 is 0. The second-order valence-electron chi connectivity index (χ2n) is 21.2. The molecule has 4 rings (SSSR count). The Kier molecular flexibility index (Phi) is 36.5. The van der Waals surface area contributed by atoms with Crippen molar-refractivity contribution in [3.05, 3.63) is 73.5 Å². The number of carbonyl (C=O) groups is 13. The molecule has 0 radical (unpaired) electrons. The Morgan fingerprint density at radius 1 is 0.700 bits per heavy atom. The molecule has 2 aromatic rings. The molecule has 0 aromatic heterocycles. The van der Waals surface area contributed by atoms with Gasteiger partial charge in [0.25, 0.3) is 0 Å². The first-order valence-electron chi connectivity index (χ1n) is 28.2. The topological polar surface area (TPSA) is 442 Å². The van der Waals surface area contributed by atoms with Crippen LogP contribution in [0.15, 0.2) is 48.5 Å². The molecule has 2 heterocycles. The number of phenols is 2. The van der Waals surface area contributed by atoms with E-state index in [0.29, 0.717) is 17.5 Å². The summed E-state index contributed by atoms with van der Waals surface area (Å²) in [6, 6.07) is -1.45. The number of benzene rings is 2. The third-order valence-electron chi connectivity index (χ3n) is 13.6. The molecular formula is C56H79Gd2N13O17S2-2. The van der Waals surface area contributed by atoms with E-state index in [1.54, 1.807) is 4.90 Å². The second-order valence-corrected chi connectivity index (χ2v) is 23.8. The smallest absolute Gasteiger partial charge is 0.305 e. The molecule has 0 aliphatic carbocycles. The predicted octanol–water partition coefficient (Wildman–Crippen LogP) is -4.37. The number of carboxylic acid groups (broad SMARTS) is 1. The molecule has 30 nitrogen and oxygen atoms in total. The molecule has 0 bridgehead atoms. The van der Waals surface area contributed by atoms with Gasteiger partial charge in [-0.1, -0.05) is 59.7 Å². The number of likely N-dealkylation sites (N-methyl/N-ethyl adjacent to an activating group) is 1. The molecule has 2 aliphatic heterocycles. The van der Waals surface area contributed by atoms with E-state index in [9.17, 15) is 82.8 Å². The number of amides is 12. The molecule has 12 amide bonds. The van der Waals surface area contributed by atoms with Gasteiger partial charge >= 0.3 is 5.97 Å². The number of nitrogens with one attached hydrogen (secondary N) is 11. The van der Waals surface area contributed by atoms with Crippen molar-refractivity contribution in [2.24, 2.45) is 5.92 Å². The van der Waals surface area contributed by atoms with Crippen molar-refractivity contribution < 1.29 is 163 Å². The zero-order valence-electron chi connectivity index (χ0n) is 49.9. The monoisotopic (exact) mass is 1590 g/mol. The summed E-state index contributed by atoms with van der Waals surface area (Å²) >= 11 is 0. The van der Waals surface area contributed by atoms with Crippen molar-refractivity contribution in [2.75, 3.05) is 64.4 Å². The number of phenolic OH excluding ortho intramolecular Hbond substituents is 2. The number of aliphatic hydroxyl groups excluding tert-OH is 1. The summed E-state index contributed by atoms with van der Waals surface area (Å²) in [5.41, 5.74) is 0.721. The summed E-state index contributed by atoms with van der Waals surface area (Å²) in [5, 5.41) is 68.2. The minimum absolute atomic E-state index is 0. The molecule has 2 aromatic carbocycles. The number of rotatable bonds is 22. The quantitative estimate of drug-likeness (QED) is 0.0391. The minimum Gasteiger partial charge on any atom is -0.508 e. The third-order valence-corrected chi connectivity index (χ3v) is 16.1. The number of likely N-dealkylation sites (tertiary alicyclic amines) is 1.